The number of benzene rings is 6. The van der Waals surface area contributed by atoms with Crippen molar-refractivity contribution in [2.45, 2.75) is 73.6 Å². The smallest absolute Gasteiger partial charge is 0.159 e. The Morgan fingerprint density at radius 3 is 0.948 bits per heavy atom. The molecule has 298 valence electrons. The van der Waals surface area contributed by atoms with Gasteiger partial charge in [0.05, 0.1) is 0 Å². The fourth-order valence-corrected chi connectivity index (χ4v) is 6.23. The van der Waals surface area contributed by atoms with Gasteiger partial charge in [0.2, 0.25) is 0 Å². The molecule has 0 aromatic heterocycles. The monoisotopic (exact) mass is 768 g/mol. The lowest BCUT2D eigenvalue weighted by Gasteiger charge is -2.06. The second-order valence-corrected chi connectivity index (χ2v) is 14.8. The quantitative estimate of drug-likeness (QED) is 0.0920. The van der Waals surface area contributed by atoms with E-state index in [9.17, 15) is 9.59 Å². The summed E-state index contributed by atoms with van der Waals surface area (Å²) in [5, 5.41) is 0. The highest BCUT2D eigenvalue weighted by Gasteiger charge is 2.02. The van der Waals surface area contributed by atoms with Gasteiger partial charge in [0.25, 0.3) is 0 Å². The molecule has 0 aliphatic carbocycles. The summed E-state index contributed by atoms with van der Waals surface area (Å²) in [7, 11) is 0. The molecule has 1 fully saturated rings. The van der Waals surface area contributed by atoms with Crippen molar-refractivity contribution in [3.05, 3.63) is 212 Å². The molecular formula is C55H60O3. The van der Waals surface area contributed by atoms with Gasteiger partial charge in [0.15, 0.2) is 11.6 Å². The van der Waals surface area contributed by atoms with Gasteiger partial charge >= 0.3 is 0 Å². The summed E-state index contributed by atoms with van der Waals surface area (Å²) in [5.41, 5.74) is 14.1. The molecule has 58 heavy (non-hydrogen) atoms. The molecule has 1 aliphatic heterocycles. The number of carbonyl (C=O) groups is 2. The number of ether oxygens (including phenoxy) is 1. The Balaban J connectivity index is 0.000000225. The first kappa shape index (κ1) is 44.8. The molecule has 0 spiro atoms. The van der Waals surface area contributed by atoms with Crippen molar-refractivity contribution in [1.29, 1.82) is 0 Å². The number of hydrogen-bond donors (Lipinski definition) is 0. The Morgan fingerprint density at radius 2 is 0.655 bits per heavy atom. The zero-order valence-electron chi connectivity index (χ0n) is 34.0. The predicted octanol–water partition coefficient (Wildman–Crippen LogP) is 13.7. The first-order valence-electron chi connectivity index (χ1n) is 20.1. The average molecular weight is 769 g/mol. The number of Topliss-reactive ketones (excluding diaryl/α,β-unsaturated/α-hetero) is 2. The van der Waals surface area contributed by atoms with Crippen molar-refractivity contribution in [1.82, 2.24) is 0 Å². The highest BCUT2D eigenvalue weighted by atomic mass is 16.5. The van der Waals surface area contributed by atoms with E-state index in [0.717, 1.165) is 61.2 Å². The highest BCUT2D eigenvalue weighted by molar-refractivity contribution is 5.94. The second kappa shape index (κ2) is 24.0. The molecule has 0 unspecified atom stereocenters. The van der Waals surface area contributed by atoms with Crippen LogP contribution in [0, 0.1) is 13.8 Å². The molecular weight excluding hydrogens is 709 g/mol. The van der Waals surface area contributed by atoms with E-state index in [4.69, 9.17) is 4.74 Å². The van der Waals surface area contributed by atoms with Gasteiger partial charge in [-0.25, -0.2) is 0 Å². The van der Waals surface area contributed by atoms with Crippen molar-refractivity contribution in [2.24, 2.45) is 0 Å². The van der Waals surface area contributed by atoms with Crippen LogP contribution >= 0.6 is 0 Å². The van der Waals surface area contributed by atoms with Gasteiger partial charge in [0.1, 0.15) is 0 Å². The van der Waals surface area contributed by atoms with E-state index in [2.05, 4.69) is 147 Å². The maximum atomic E-state index is 11.3. The van der Waals surface area contributed by atoms with Crippen LogP contribution in [0.5, 0.6) is 0 Å². The molecule has 3 heteroatoms. The maximum Gasteiger partial charge on any atom is 0.159 e. The lowest BCUT2D eigenvalue weighted by atomic mass is 9.99. The first-order chi connectivity index (χ1) is 27.7. The van der Waals surface area contributed by atoms with Gasteiger partial charge in [0, 0.05) is 24.3 Å². The third kappa shape index (κ3) is 15.9. The van der Waals surface area contributed by atoms with Gasteiger partial charge in [-0.1, -0.05) is 188 Å². The molecule has 0 N–H and O–H groups in total. The van der Waals surface area contributed by atoms with Gasteiger partial charge < -0.3 is 4.74 Å². The van der Waals surface area contributed by atoms with Crippen LogP contribution in [0.3, 0.4) is 0 Å². The largest absolute Gasteiger partial charge is 0.381 e. The predicted molar refractivity (Wildman–Crippen MR) is 248 cm³/mol. The van der Waals surface area contributed by atoms with Crippen LogP contribution in [0.25, 0.3) is 24.3 Å². The van der Waals surface area contributed by atoms with Crippen LogP contribution in [-0.2, 0) is 30.4 Å². The third-order valence-electron chi connectivity index (χ3n) is 10.0. The van der Waals surface area contributed by atoms with E-state index >= 15 is 0 Å². The molecule has 0 radical (unpaired) electrons. The van der Waals surface area contributed by atoms with Gasteiger partial charge in [-0.15, -0.1) is 0 Å². The minimum Gasteiger partial charge on any atom is -0.381 e. The molecule has 0 bridgehead atoms. The van der Waals surface area contributed by atoms with E-state index in [0.29, 0.717) is 0 Å². The summed E-state index contributed by atoms with van der Waals surface area (Å²) in [6.07, 6.45) is 15.1. The molecule has 6 aromatic rings. The van der Waals surface area contributed by atoms with Crippen molar-refractivity contribution >= 4 is 35.9 Å². The zero-order chi connectivity index (χ0) is 40.2. The standard InChI is InChI=1S/C25H26O.C25H22O.C4H8O.CH4/c2*1-19-3-5-21(6-4-19)7-8-22-9-11-23(12-10-22)13-14-24-15-17-25(18-16-24)20(2)26;1-2-4-5-3-1;/h3-6,9-12,15-18H,7-8,13-14H2,1-2H3;3-18H,1-2H3;1-4H2;1H4/b;8-7+,14-13+;;. The first-order valence-corrected chi connectivity index (χ1v) is 20.1. The summed E-state index contributed by atoms with van der Waals surface area (Å²) in [6, 6.07) is 50.4. The van der Waals surface area contributed by atoms with E-state index in [-0.39, 0.29) is 19.0 Å². The van der Waals surface area contributed by atoms with Crippen LogP contribution in [0.2, 0.25) is 0 Å². The Morgan fingerprint density at radius 1 is 0.414 bits per heavy atom. The minimum absolute atomic E-state index is 0. The Bertz CT molecular complexity index is 2160. The van der Waals surface area contributed by atoms with E-state index < -0.39 is 0 Å². The molecule has 1 saturated heterocycles. The summed E-state index contributed by atoms with van der Waals surface area (Å²) in [4.78, 5) is 22.6. The highest BCUT2D eigenvalue weighted by Crippen LogP contribution is 2.16. The zero-order valence-corrected chi connectivity index (χ0v) is 34.0. The molecule has 7 rings (SSSR count). The Kier molecular flexibility index (Phi) is 18.5. The lowest BCUT2D eigenvalue weighted by Crippen LogP contribution is -1.96. The Labute approximate surface area is 348 Å². The summed E-state index contributed by atoms with van der Waals surface area (Å²) in [5.74, 6) is 0.215. The molecule has 1 aliphatic rings. The maximum absolute atomic E-state index is 11.3. The molecule has 0 saturated carbocycles. The van der Waals surface area contributed by atoms with Crippen LogP contribution in [0.15, 0.2) is 146 Å². The van der Waals surface area contributed by atoms with Crippen molar-refractivity contribution in [2.75, 3.05) is 13.2 Å². The van der Waals surface area contributed by atoms with E-state index in [1.807, 2.05) is 36.4 Å². The molecule has 0 amide bonds. The van der Waals surface area contributed by atoms with E-state index in [1.54, 1.807) is 13.8 Å². The molecule has 3 nitrogen and oxygen atoms in total. The number of ketones is 2. The minimum atomic E-state index is 0. The van der Waals surface area contributed by atoms with Crippen molar-refractivity contribution in [3.8, 4) is 0 Å². The third-order valence-corrected chi connectivity index (χ3v) is 10.0. The Hall–Kier alpha value is -5.90. The molecule has 0 atom stereocenters. The number of aryl methyl sites for hydroxylation is 6. The normalized spacial score (nSPS) is 11.9. The lowest BCUT2D eigenvalue weighted by molar-refractivity contribution is 0.100. The van der Waals surface area contributed by atoms with Crippen LogP contribution in [-0.4, -0.2) is 24.8 Å². The molecule has 1 heterocycles. The van der Waals surface area contributed by atoms with Crippen LogP contribution in [0.4, 0.5) is 0 Å². The average Bonchev–Trinajstić information content (AvgIpc) is 3.84. The fourth-order valence-electron chi connectivity index (χ4n) is 6.23. The second-order valence-electron chi connectivity index (χ2n) is 14.8. The van der Waals surface area contributed by atoms with Crippen LogP contribution in [0.1, 0.15) is 110 Å². The van der Waals surface area contributed by atoms with Crippen LogP contribution < -0.4 is 0 Å². The van der Waals surface area contributed by atoms with Gasteiger partial charge in [-0.3, -0.25) is 9.59 Å². The SMILES string of the molecule is C.C1CCOC1.CC(=O)c1ccc(/C=C/c2ccc(/C=C/c3ccc(C)cc3)cc2)cc1.CC(=O)c1ccc(CCc2ccc(CCc3ccc(C)cc3)cc2)cc1. The fraction of sp³-hybridized carbons (Fsp3) is 0.236. The summed E-state index contributed by atoms with van der Waals surface area (Å²) >= 11 is 0. The summed E-state index contributed by atoms with van der Waals surface area (Å²) in [6.45, 7) is 9.41. The summed E-state index contributed by atoms with van der Waals surface area (Å²) < 4.78 is 4.94. The topological polar surface area (TPSA) is 43.4 Å². The van der Waals surface area contributed by atoms with Gasteiger partial charge in [-0.2, -0.15) is 0 Å². The molecule has 6 aromatic carbocycles. The number of hydrogen-bond acceptors (Lipinski definition) is 3. The van der Waals surface area contributed by atoms with Crippen molar-refractivity contribution in [3.63, 3.8) is 0 Å². The van der Waals surface area contributed by atoms with Crippen molar-refractivity contribution < 1.29 is 14.3 Å². The number of rotatable bonds is 12. The van der Waals surface area contributed by atoms with Gasteiger partial charge in [-0.05, 0) is 111 Å². The van der Waals surface area contributed by atoms with E-state index in [1.165, 1.54) is 57.3 Å². The number of carbonyl (C=O) groups excluding carboxylic acids is 2.